The van der Waals surface area contributed by atoms with Gasteiger partial charge in [-0.3, -0.25) is 4.79 Å². The van der Waals surface area contributed by atoms with Crippen LogP contribution in [0.5, 0.6) is 5.75 Å². The van der Waals surface area contributed by atoms with Crippen molar-refractivity contribution in [3.63, 3.8) is 0 Å². The maximum atomic E-state index is 15.8. The van der Waals surface area contributed by atoms with Crippen LogP contribution in [0.4, 0.5) is 14.9 Å². The van der Waals surface area contributed by atoms with Gasteiger partial charge in [0.1, 0.15) is 17.9 Å². The lowest BCUT2D eigenvalue weighted by molar-refractivity contribution is 0.0598. The van der Waals surface area contributed by atoms with Gasteiger partial charge in [0.2, 0.25) is 5.43 Å². The highest BCUT2D eigenvalue weighted by Gasteiger charge is 2.43. The summed E-state index contributed by atoms with van der Waals surface area (Å²) in [6, 6.07) is 1.15. The first-order valence-electron chi connectivity index (χ1n) is 12.2. The predicted octanol–water partition coefficient (Wildman–Crippen LogP) is 3.49. The highest BCUT2D eigenvalue weighted by atomic mass is 19.1. The number of esters is 1. The Kier molecular flexibility index (Phi) is 6.36. The van der Waals surface area contributed by atoms with E-state index in [1.807, 2.05) is 9.47 Å². The van der Waals surface area contributed by atoms with Gasteiger partial charge < -0.3 is 28.6 Å². The number of aromatic nitrogens is 1. The van der Waals surface area contributed by atoms with Gasteiger partial charge in [-0.1, -0.05) is 12.7 Å². The number of methoxy groups -OCH3 is 2. The lowest BCUT2D eigenvalue weighted by atomic mass is 9.92. The predicted molar refractivity (Wildman–Crippen MR) is 131 cm³/mol. The Hall–Kier alpha value is -3.56. The fraction of sp³-hybridized carbons (Fsp3) is 0.500. The quantitative estimate of drug-likeness (QED) is 0.444. The molecule has 3 heterocycles. The Morgan fingerprint density at radius 1 is 1.22 bits per heavy atom. The van der Waals surface area contributed by atoms with E-state index in [4.69, 9.17) is 14.2 Å². The number of nitrogens with zero attached hydrogens (tertiary/aromatic N) is 3. The standard InChI is InChI=1S/C26H30FN3O6/c1-4-10-36-26(33)29-9-5-6-15-12-28(14-20(15)29)22-19(27)11-17-21(24(22)34-2)30(16-7-8-16)13-18(23(17)31)25(32)35-3/h4,11,13,15-16,20H,1,5-10,12,14H2,2-3H3/t15-,20+/m0/s1. The van der Waals surface area contributed by atoms with E-state index in [-0.39, 0.29) is 47.0 Å². The normalized spacial score (nSPS) is 21.3. The molecule has 9 nitrogen and oxygen atoms in total. The zero-order valence-electron chi connectivity index (χ0n) is 20.5. The van der Waals surface area contributed by atoms with Crippen LogP contribution in [0.25, 0.3) is 10.9 Å². The molecular formula is C26H30FN3O6. The number of piperidine rings is 1. The second-order valence-electron chi connectivity index (χ2n) is 9.57. The molecule has 3 aliphatic rings. The van der Waals surface area contributed by atoms with Gasteiger partial charge in [0.25, 0.3) is 0 Å². The largest absolute Gasteiger partial charge is 0.492 e. The molecule has 3 fully saturated rings. The van der Waals surface area contributed by atoms with Gasteiger partial charge in [0, 0.05) is 31.9 Å². The molecule has 2 saturated heterocycles. The van der Waals surface area contributed by atoms with Crippen LogP contribution < -0.4 is 15.1 Å². The van der Waals surface area contributed by atoms with Gasteiger partial charge in [-0.05, 0) is 37.7 Å². The van der Waals surface area contributed by atoms with Crippen molar-refractivity contribution in [3.8, 4) is 5.75 Å². The molecule has 36 heavy (non-hydrogen) atoms. The minimum Gasteiger partial charge on any atom is -0.492 e. The smallest absolute Gasteiger partial charge is 0.410 e. The van der Waals surface area contributed by atoms with Gasteiger partial charge in [0.05, 0.1) is 31.2 Å². The molecule has 1 saturated carbocycles. The molecule has 0 spiro atoms. The van der Waals surface area contributed by atoms with Crippen molar-refractivity contribution in [3.05, 3.63) is 46.5 Å². The van der Waals surface area contributed by atoms with Crippen LogP contribution in [0.2, 0.25) is 0 Å². The van der Waals surface area contributed by atoms with Crippen molar-refractivity contribution in [2.75, 3.05) is 45.4 Å². The van der Waals surface area contributed by atoms with Crippen LogP contribution in [-0.4, -0.2) is 68.0 Å². The molecule has 1 aromatic heterocycles. The Morgan fingerprint density at radius 2 is 2.00 bits per heavy atom. The molecule has 0 bridgehead atoms. The minimum atomic E-state index is -0.758. The molecule has 1 amide bonds. The second-order valence-corrected chi connectivity index (χ2v) is 9.57. The van der Waals surface area contributed by atoms with Crippen LogP contribution in [0.1, 0.15) is 42.1 Å². The van der Waals surface area contributed by atoms with E-state index in [0.29, 0.717) is 25.2 Å². The van der Waals surface area contributed by atoms with Crippen molar-refractivity contribution >= 4 is 28.7 Å². The zero-order valence-corrected chi connectivity index (χ0v) is 20.5. The molecule has 0 radical (unpaired) electrons. The van der Waals surface area contributed by atoms with Crippen molar-refractivity contribution in [1.82, 2.24) is 9.47 Å². The molecule has 2 atom stereocenters. The number of carbonyl (C=O) groups is 2. The lowest BCUT2D eigenvalue weighted by Crippen LogP contribution is -2.48. The number of benzene rings is 1. The van der Waals surface area contributed by atoms with Gasteiger partial charge in [0.15, 0.2) is 11.6 Å². The van der Waals surface area contributed by atoms with Crippen molar-refractivity contribution in [2.45, 2.75) is 37.8 Å². The average Bonchev–Trinajstić information content (AvgIpc) is 3.64. The zero-order chi connectivity index (χ0) is 25.6. The number of ether oxygens (including phenoxy) is 3. The van der Waals surface area contributed by atoms with E-state index < -0.39 is 23.3 Å². The van der Waals surface area contributed by atoms with E-state index in [2.05, 4.69) is 6.58 Å². The monoisotopic (exact) mass is 499 g/mol. The number of pyridine rings is 1. The summed E-state index contributed by atoms with van der Waals surface area (Å²) < 4.78 is 33.4. The number of amides is 1. The fourth-order valence-electron chi connectivity index (χ4n) is 5.63. The topological polar surface area (TPSA) is 90.3 Å². The number of anilines is 1. The SMILES string of the molecule is C=CCOC(=O)N1CCC[C@H]2CN(c3c(F)cc4c(=O)c(C(=O)OC)cn(C5CC5)c4c3OC)C[C@H]21. The number of hydrogen-bond acceptors (Lipinski definition) is 7. The van der Waals surface area contributed by atoms with Crippen LogP contribution >= 0.6 is 0 Å². The molecule has 2 aliphatic heterocycles. The molecule has 0 N–H and O–H groups in total. The van der Waals surface area contributed by atoms with Crippen LogP contribution in [0.15, 0.2) is 29.7 Å². The number of rotatable bonds is 6. The van der Waals surface area contributed by atoms with Gasteiger partial charge in [-0.25, -0.2) is 14.0 Å². The summed E-state index contributed by atoms with van der Waals surface area (Å²) in [7, 11) is 2.66. The second kappa shape index (κ2) is 9.48. The average molecular weight is 500 g/mol. The maximum Gasteiger partial charge on any atom is 0.410 e. The van der Waals surface area contributed by atoms with E-state index in [1.54, 1.807) is 4.90 Å². The van der Waals surface area contributed by atoms with Crippen molar-refractivity contribution < 1.29 is 28.2 Å². The van der Waals surface area contributed by atoms with Gasteiger partial charge in [-0.15, -0.1) is 0 Å². The summed E-state index contributed by atoms with van der Waals surface area (Å²) in [6.07, 6.45) is 6.15. The minimum absolute atomic E-state index is 0.0779. The number of likely N-dealkylation sites (tertiary alicyclic amines) is 1. The highest BCUT2D eigenvalue weighted by Crippen LogP contribution is 2.45. The number of hydrogen-bond donors (Lipinski definition) is 0. The van der Waals surface area contributed by atoms with Crippen LogP contribution in [-0.2, 0) is 9.47 Å². The summed E-state index contributed by atoms with van der Waals surface area (Å²) in [5.74, 6) is -0.959. The van der Waals surface area contributed by atoms with Crippen molar-refractivity contribution in [2.24, 2.45) is 5.92 Å². The maximum absolute atomic E-state index is 15.8. The summed E-state index contributed by atoms with van der Waals surface area (Å²) in [5, 5.41) is 0.0779. The summed E-state index contributed by atoms with van der Waals surface area (Å²) >= 11 is 0. The number of carbonyl (C=O) groups excluding carboxylic acids is 2. The van der Waals surface area contributed by atoms with Gasteiger partial charge >= 0.3 is 12.1 Å². The van der Waals surface area contributed by atoms with Gasteiger partial charge in [-0.2, -0.15) is 0 Å². The molecule has 2 aromatic rings. The summed E-state index contributed by atoms with van der Waals surface area (Å²) in [5.41, 5.74) is 0.000282. The van der Waals surface area contributed by atoms with Crippen molar-refractivity contribution in [1.29, 1.82) is 0 Å². The highest BCUT2D eigenvalue weighted by molar-refractivity contribution is 5.97. The third-order valence-corrected chi connectivity index (χ3v) is 7.40. The van der Waals surface area contributed by atoms with E-state index >= 15 is 4.39 Å². The fourth-order valence-corrected chi connectivity index (χ4v) is 5.63. The summed E-state index contributed by atoms with van der Waals surface area (Å²) in [6.45, 7) is 5.27. The third kappa shape index (κ3) is 3.98. The van der Waals surface area contributed by atoms with Crippen LogP contribution in [0.3, 0.4) is 0 Å². The molecule has 10 heteroatoms. The summed E-state index contributed by atoms with van der Waals surface area (Å²) in [4.78, 5) is 41.7. The Morgan fingerprint density at radius 3 is 2.67 bits per heavy atom. The number of fused-ring (bicyclic) bond motifs is 2. The number of halogens is 1. The first kappa shape index (κ1) is 24.1. The van der Waals surface area contributed by atoms with E-state index in [9.17, 15) is 14.4 Å². The molecule has 0 unspecified atom stereocenters. The lowest BCUT2D eigenvalue weighted by Gasteiger charge is -2.35. The Bertz CT molecular complexity index is 1290. The van der Waals surface area contributed by atoms with Crippen LogP contribution in [0, 0.1) is 11.7 Å². The molecule has 1 aliphatic carbocycles. The molecule has 192 valence electrons. The van der Waals surface area contributed by atoms with E-state index in [0.717, 1.165) is 25.7 Å². The Balaban J connectivity index is 1.59. The Labute approximate surface area is 208 Å². The molecule has 1 aromatic carbocycles. The molecule has 5 rings (SSSR count). The van der Waals surface area contributed by atoms with E-state index in [1.165, 1.54) is 32.6 Å². The molecular weight excluding hydrogens is 469 g/mol. The first-order valence-corrected chi connectivity index (χ1v) is 12.2. The third-order valence-electron chi connectivity index (χ3n) is 7.40. The first-order chi connectivity index (χ1) is 17.4.